The Morgan fingerprint density at radius 2 is 1.87 bits per heavy atom. The molecule has 0 spiro atoms. The highest BCUT2D eigenvalue weighted by Gasteiger charge is 2.20. The van der Waals surface area contributed by atoms with E-state index in [0.29, 0.717) is 8.95 Å². The van der Waals surface area contributed by atoms with Gasteiger partial charge in [0.2, 0.25) is 0 Å². The number of aryl methyl sites for hydroxylation is 1. The average molecular weight is 337 g/mol. The van der Waals surface area contributed by atoms with Crippen LogP contribution in [0.25, 0.3) is 0 Å². The number of anilines is 1. The van der Waals surface area contributed by atoms with Crippen LogP contribution in [0.1, 0.15) is 18.4 Å². The Bertz CT molecular complexity index is 387. The van der Waals surface area contributed by atoms with Crippen molar-refractivity contribution < 1.29 is 4.39 Å². The van der Waals surface area contributed by atoms with Gasteiger partial charge in [0, 0.05) is 13.1 Å². The van der Waals surface area contributed by atoms with Gasteiger partial charge in [0.25, 0.3) is 0 Å². The molecule has 0 amide bonds. The zero-order valence-corrected chi connectivity index (χ0v) is 11.7. The Balaban J connectivity index is 2.50. The summed E-state index contributed by atoms with van der Waals surface area (Å²) >= 11 is 6.56. The van der Waals surface area contributed by atoms with Crippen molar-refractivity contribution in [2.24, 2.45) is 0 Å². The van der Waals surface area contributed by atoms with Gasteiger partial charge in [-0.1, -0.05) is 0 Å². The Labute approximate surface area is 106 Å². The standard InChI is InChI=1S/C11H12Br2FN/c1-7-6-8(12)10(14)9(13)11(7)15-4-2-3-5-15/h6H,2-5H2,1H3. The van der Waals surface area contributed by atoms with Crippen molar-refractivity contribution in [2.45, 2.75) is 19.8 Å². The molecule has 0 radical (unpaired) electrons. The van der Waals surface area contributed by atoms with E-state index in [0.717, 1.165) is 24.3 Å². The largest absolute Gasteiger partial charge is 0.370 e. The number of rotatable bonds is 1. The summed E-state index contributed by atoms with van der Waals surface area (Å²) in [5.41, 5.74) is 2.12. The van der Waals surface area contributed by atoms with Gasteiger partial charge in [-0.15, -0.1) is 0 Å². The first-order valence-corrected chi connectivity index (χ1v) is 6.59. The molecule has 1 aromatic rings. The normalized spacial score (nSPS) is 16.1. The fourth-order valence-corrected chi connectivity index (χ4v) is 3.62. The topological polar surface area (TPSA) is 3.24 Å². The second kappa shape index (κ2) is 4.42. The molecule has 1 aromatic carbocycles. The highest BCUT2D eigenvalue weighted by atomic mass is 79.9. The first-order valence-electron chi connectivity index (χ1n) is 5.00. The van der Waals surface area contributed by atoms with Gasteiger partial charge in [-0.25, -0.2) is 4.39 Å². The summed E-state index contributed by atoms with van der Waals surface area (Å²) in [6.07, 6.45) is 2.40. The molecule has 1 fully saturated rings. The number of nitrogens with zero attached hydrogens (tertiary/aromatic N) is 1. The summed E-state index contributed by atoms with van der Waals surface area (Å²) in [5, 5.41) is 0. The third-order valence-corrected chi connectivity index (χ3v) is 4.05. The first-order chi connectivity index (χ1) is 7.11. The van der Waals surface area contributed by atoms with Gasteiger partial charge in [-0.05, 0) is 63.3 Å². The minimum Gasteiger partial charge on any atom is -0.370 e. The Morgan fingerprint density at radius 3 is 2.47 bits per heavy atom. The van der Waals surface area contributed by atoms with Crippen molar-refractivity contribution in [2.75, 3.05) is 18.0 Å². The summed E-state index contributed by atoms with van der Waals surface area (Å²) in [5.74, 6) is -0.206. The van der Waals surface area contributed by atoms with Crippen molar-refractivity contribution in [1.82, 2.24) is 0 Å². The lowest BCUT2D eigenvalue weighted by molar-refractivity contribution is 0.613. The second-order valence-electron chi connectivity index (χ2n) is 3.85. The summed E-state index contributed by atoms with van der Waals surface area (Å²) in [6.45, 7) is 4.07. The van der Waals surface area contributed by atoms with E-state index in [1.165, 1.54) is 12.8 Å². The molecule has 0 aromatic heterocycles. The van der Waals surface area contributed by atoms with Gasteiger partial charge in [0.15, 0.2) is 5.82 Å². The van der Waals surface area contributed by atoms with Crippen LogP contribution in [-0.2, 0) is 0 Å². The molecule has 1 aliphatic heterocycles. The molecule has 1 heterocycles. The number of hydrogen-bond donors (Lipinski definition) is 0. The lowest BCUT2D eigenvalue weighted by Gasteiger charge is -2.22. The fraction of sp³-hybridized carbons (Fsp3) is 0.455. The summed E-state index contributed by atoms with van der Waals surface area (Å²) in [4.78, 5) is 2.24. The number of benzene rings is 1. The molecular formula is C11H12Br2FN. The maximum Gasteiger partial charge on any atom is 0.153 e. The van der Waals surface area contributed by atoms with Crippen LogP contribution in [-0.4, -0.2) is 13.1 Å². The maximum atomic E-state index is 13.7. The van der Waals surface area contributed by atoms with Gasteiger partial charge < -0.3 is 4.90 Å². The van der Waals surface area contributed by atoms with Gasteiger partial charge >= 0.3 is 0 Å². The lowest BCUT2D eigenvalue weighted by atomic mass is 10.2. The maximum absolute atomic E-state index is 13.7. The van der Waals surface area contributed by atoms with Gasteiger partial charge in [0.1, 0.15) is 0 Å². The van der Waals surface area contributed by atoms with Crippen LogP contribution < -0.4 is 4.90 Å². The van der Waals surface area contributed by atoms with Gasteiger partial charge in [-0.3, -0.25) is 0 Å². The minimum absolute atomic E-state index is 0.206. The van der Waals surface area contributed by atoms with Crippen molar-refractivity contribution in [1.29, 1.82) is 0 Å². The van der Waals surface area contributed by atoms with Crippen LogP contribution in [0.4, 0.5) is 10.1 Å². The predicted octanol–water partition coefficient (Wildman–Crippen LogP) is 4.26. The molecule has 1 nitrogen and oxygen atoms in total. The highest BCUT2D eigenvalue weighted by Crippen LogP contribution is 2.37. The number of hydrogen-bond acceptors (Lipinski definition) is 1. The second-order valence-corrected chi connectivity index (χ2v) is 5.49. The fourth-order valence-electron chi connectivity index (χ4n) is 2.03. The first kappa shape index (κ1) is 11.4. The van der Waals surface area contributed by atoms with Crippen molar-refractivity contribution in [3.63, 3.8) is 0 Å². The Hall–Kier alpha value is -0.0900. The summed E-state index contributed by atoms with van der Waals surface area (Å²) < 4.78 is 14.8. The Morgan fingerprint density at radius 1 is 1.27 bits per heavy atom. The Kier molecular flexibility index (Phi) is 3.36. The van der Waals surface area contributed by atoms with Crippen LogP contribution in [0, 0.1) is 12.7 Å². The van der Waals surface area contributed by atoms with Gasteiger partial charge in [-0.2, -0.15) is 0 Å². The molecule has 1 aliphatic rings. The van der Waals surface area contributed by atoms with Crippen molar-refractivity contribution >= 4 is 37.5 Å². The zero-order valence-electron chi connectivity index (χ0n) is 8.49. The quantitative estimate of drug-likeness (QED) is 0.693. The molecule has 4 heteroatoms. The molecule has 2 rings (SSSR count). The SMILES string of the molecule is Cc1cc(Br)c(F)c(Br)c1N1CCCC1. The van der Waals surface area contributed by atoms with Crippen LogP contribution in [0.2, 0.25) is 0 Å². The van der Waals surface area contributed by atoms with Crippen molar-refractivity contribution in [3.8, 4) is 0 Å². The lowest BCUT2D eigenvalue weighted by Crippen LogP contribution is -2.19. The van der Waals surface area contributed by atoms with E-state index in [4.69, 9.17) is 0 Å². The van der Waals surface area contributed by atoms with E-state index in [9.17, 15) is 4.39 Å². The zero-order chi connectivity index (χ0) is 11.0. The van der Waals surface area contributed by atoms with E-state index < -0.39 is 0 Å². The van der Waals surface area contributed by atoms with E-state index in [1.54, 1.807) is 0 Å². The molecule has 1 saturated heterocycles. The van der Waals surface area contributed by atoms with Crippen LogP contribution in [0.15, 0.2) is 15.0 Å². The van der Waals surface area contributed by atoms with E-state index in [-0.39, 0.29) is 5.82 Å². The molecule has 0 aliphatic carbocycles. The van der Waals surface area contributed by atoms with E-state index >= 15 is 0 Å². The van der Waals surface area contributed by atoms with Crippen LogP contribution >= 0.6 is 31.9 Å². The molecule has 0 bridgehead atoms. The molecule has 0 unspecified atom stereocenters. The molecular weight excluding hydrogens is 325 g/mol. The smallest absolute Gasteiger partial charge is 0.153 e. The number of halogens is 3. The molecule has 15 heavy (non-hydrogen) atoms. The third-order valence-electron chi connectivity index (χ3n) is 2.75. The summed E-state index contributed by atoms with van der Waals surface area (Å²) in [6, 6.07) is 1.84. The highest BCUT2D eigenvalue weighted by molar-refractivity contribution is 9.11. The van der Waals surface area contributed by atoms with Gasteiger partial charge in [0.05, 0.1) is 14.6 Å². The van der Waals surface area contributed by atoms with Crippen LogP contribution in [0.3, 0.4) is 0 Å². The third kappa shape index (κ3) is 2.07. The van der Waals surface area contributed by atoms with Crippen LogP contribution in [0.5, 0.6) is 0 Å². The van der Waals surface area contributed by atoms with E-state index in [2.05, 4.69) is 36.8 Å². The molecule has 0 N–H and O–H groups in total. The average Bonchev–Trinajstić information content (AvgIpc) is 2.68. The predicted molar refractivity (Wildman–Crippen MR) is 68.0 cm³/mol. The molecule has 0 saturated carbocycles. The minimum atomic E-state index is -0.206. The van der Waals surface area contributed by atoms with E-state index in [1.807, 2.05) is 13.0 Å². The molecule has 0 atom stereocenters. The van der Waals surface area contributed by atoms with Crippen molar-refractivity contribution in [3.05, 3.63) is 26.4 Å². The summed E-state index contributed by atoms with van der Waals surface area (Å²) in [7, 11) is 0. The monoisotopic (exact) mass is 335 g/mol. The molecule has 82 valence electrons.